The third-order valence-electron chi connectivity index (χ3n) is 1.19. The molecule has 0 saturated carbocycles. The molecule has 0 spiro atoms. The Balaban J connectivity index is 2.46. The van der Waals surface area contributed by atoms with Crippen molar-refractivity contribution in [2.45, 2.75) is 0 Å². The van der Waals surface area contributed by atoms with E-state index in [0.717, 1.165) is 6.26 Å². The van der Waals surface area contributed by atoms with Gasteiger partial charge in [-0.3, -0.25) is 0 Å². The average Bonchev–Trinajstić information content (AvgIpc) is 2.06. The maximum Gasteiger partial charge on any atom is 0.784 e. The van der Waals surface area contributed by atoms with Crippen LogP contribution in [0.1, 0.15) is 0 Å². The van der Waals surface area contributed by atoms with Crippen molar-refractivity contribution in [1.82, 2.24) is 0 Å². The fraction of sp³-hybridized carbons (Fsp3) is 0. The number of hydrogen-bond acceptors (Lipinski definition) is 3. The van der Waals surface area contributed by atoms with Crippen LogP contribution in [0.3, 0.4) is 0 Å². The maximum atomic E-state index is 8.99. The number of para-hydroxylation sites is 1. The SMILES string of the molecule is C=COB(O)Oc1ccccc1. The summed E-state index contributed by atoms with van der Waals surface area (Å²) in [5.74, 6) is 0.548. The molecular formula is C8H9BO3. The molecule has 1 rings (SSSR count). The predicted molar refractivity (Wildman–Crippen MR) is 46.3 cm³/mol. The van der Waals surface area contributed by atoms with Gasteiger partial charge in [-0.15, -0.1) is 0 Å². The van der Waals surface area contributed by atoms with Crippen LogP contribution < -0.4 is 4.65 Å². The maximum absolute atomic E-state index is 8.99. The van der Waals surface area contributed by atoms with E-state index < -0.39 is 7.32 Å². The summed E-state index contributed by atoms with van der Waals surface area (Å²) >= 11 is 0. The fourth-order valence-corrected chi connectivity index (χ4v) is 0.726. The third-order valence-corrected chi connectivity index (χ3v) is 1.19. The smallest absolute Gasteiger partial charge is 0.508 e. The summed E-state index contributed by atoms with van der Waals surface area (Å²) in [7, 11) is -1.29. The van der Waals surface area contributed by atoms with Crippen molar-refractivity contribution in [1.29, 1.82) is 0 Å². The lowest BCUT2D eigenvalue weighted by molar-refractivity contribution is 0.267. The topological polar surface area (TPSA) is 38.7 Å². The summed E-state index contributed by atoms with van der Waals surface area (Å²) in [5.41, 5.74) is 0. The van der Waals surface area contributed by atoms with Gasteiger partial charge >= 0.3 is 7.32 Å². The highest BCUT2D eigenvalue weighted by Gasteiger charge is 2.17. The molecule has 1 aromatic rings. The van der Waals surface area contributed by atoms with Crippen LogP contribution in [0.2, 0.25) is 0 Å². The van der Waals surface area contributed by atoms with Crippen molar-refractivity contribution < 1.29 is 14.3 Å². The first-order valence-corrected chi connectivity index (χ1v) is 3.49. The normalized spacial score (nSPS) is 8.75. The molecule has 0 bridgehead atoms. The van der Waals surface area contributed by atoms with E-state index in [4.69, 9.17) is 9.68 Å². The monoisotopic (exact) mass is 164 g/mol. The van der Waals surface area contributed by atoms with E-state index in [9.17, 15) is 0 Å². The Labute approximate surface area is 71.4 Å². The molecule has 0 aliphatic heterocycles. The Morgan fingerprint density at radius 3 is 2.58 bits per heavy atom. The largest absolute Gasteiger partial charge is 0.784 e. The van der Waals surface area contributed by atoms with Crippen LogP contribution >= 0.6 is 0 Å². The molecule has 0 aliphatic carbocycles. The highest BCUT2D eigenvalue weighted by Crippen LogP contribution is 2.08. The first-order valence-electron chi connectivity index (χ1n) is 3.49. The fourth-order valence-electron chi connectivity index (χ4n) is 0.726. The second kappa shape index (κ2) is 4.46. The molecule has 0 aliphatic rings. The van der Waals surface area contributed by atoms with Crippen molar-refractivity contribution in [3.63, 3.8) is 0 Å². The van der Waals surface area contributed by atoms with E-state index >= 15 is 0 Å². The van der Waals surface area contributed by atoms with Crippen LogP contribution in [0.4, 0.5) is 0 Å². The Morgan fingerprint density at radius 1 is 1.33 bits per heavy atom. The molecule has 0 amide bonds. The van der Waals surface area contributed by atoms with Crippen LogP contribution in [0.25, 0.3) is 0 Å². The van der Waals surface area contributed by atoms with E-state index in [2.05, 4.69) is 11.2 Å². The standard InChI is InChI=1S/C8H9BO3/c1-2-11-9(10)12-8-6-4-3-5-7-8/h2-7,10H,1H2. The van der Waals surface area contributed by atoms with Gasteiger partial charge in [0.15, 0.2) is 0 Å². The van der Waals surface area contributed by atoms with E-state index in [1.54, 1.807) is 24.3 Å². The second-order valence-corrected chi connectivity index (χ2v) is 2.04. The lowest BCUT2D eigenvalue weighted by Gasteiger charge is -2.06. The lowest BCUT2D eigenvalue weighted by Crippen LogP contribution is -2.23. The van der Waals surface area contributed by atoms with Gasteiger partial charge in [0.1, 0.15) is 5.75 Å². The first kappa shape index (κ1) is 8.68. The van der Waals surface area contributed by atoms with E-state index in [0.29, 0.717) is 5.75 Å². The average molecular weight is 164 g/mol. The summed E-state index contributed by atoms with van der Waals surface area (Å²) in [6.07, 6.45) is 1.12. The lowest BCUT2D eigenvalue weighted by atomic mass is 10.2. The second-order valence-electron chi connectivity index (χ2n) is 2.04. The zero-order valence-electron chi connectivity index (χ0n) is 6.51. The molecule has 12 heavy (non-hydrogen) atoms. The van der Waals surface area contributed by atoms with E-state index in [1.165, 1.54) is 0 Å². The first-order chi connectivity index (χ1) is 5.83. The predicted octanol–water partition coefficient (Wildman–Crippen LogP) is 1.20. The molecule has 1 aromatic carbocycles. The third kappa shape index (κ3) is 2.68. The van der Waals surface area contributed by atoms with Gasteiger partial charge in [-0.05, 0) is 12.1 Å². The molecule has 0 saturated heterocycles. The molecule has 3 nitrogen and oxygen atoms in total. The summed E-state index contributed by atoms with van der Waals surface area (Å²) < 4.78 is 9.46. The van der Waals surface area contributed by atoms with Crippen molar-refractivity contribution in [2.24, 2.45) is 0 Å². The zero-order chi connectivity index (χ0) is 8.81. The van der Waals surface area contributed by atoms with Crippen molar-refractivity contribution >= 4 is 7.32 Å². The summed E-state index contributed by atoms with van der Waals surface area (Å²) in [4.78, 5) is 0. The van der Waals surface area contributed by atoms with Gasteiger partial charge in [-0.1, -0.05) is 24.8 Å². The van der Waals surface area contributed by atoms with Crippen LogP contribution in [0, 0.1) is 0 Å². The Morgan fingerprint density at radius 2 is 2.00 bits per heavy atom. The van der Waals surface area contributed by atoms with Crippen molar-refractivity contribution in [2.75, 3.05) is 0 Å². The van der Waals surface area contributed by atoms with E-state index in [1.807, 2.05) is 6.07 Å². The minimum Gasteiger partial charge on any atom is -0.508 e. The van der Waals surface area contributed by atoms with Gasteiger partial charge in [0.2, 0.25) is 0 Å². The highest BCUT2D eigenvalue weighted by molar-refractivity contribution is 6.35. The molecule has 0 unspecified atom stereocenters. The Hall–Kier alpha value is -1.42. The van der Waals surface area contributed by atoms with E-state index in [-0.39, 0.29) is 0 Å². The van der Waals surface area contributed by atoms with Gasteiger partial charge in [-0.2, -0.15) is 0 Å². The molecule has 4 heteroatoms. The molecule has 62 valence electrons. The number of hydrogen-bond donors (Lipinski definition) is 1. The van der Waals surface area contributed by atoms with Crippen LogP contribution in [-0.4, -0.2) is 12.3 Å². The number of rotatable bonds is 4. The highest BCUT2D eigenvalue weighted by atomic mass is 16.7. The molecular weight excluding hydrogens is 155 g/mol. The molecule has 1 N–H and O–H groups in total. The van der Waals surface area contributed by atoms with Crippen molar-refractivity contribution in [3.8, 4) is 5.75 Å². The molecule has 0 heterocycles. The van der Waals surface area contributed by atoms with Gasteiger partial charge < -0.3 is 14.3 Å². The summed E-state index contributed by atoms with van der Waals surface area (Å²) in [5, 5.41) is 8.99. The molecule has 0 aromatic heterocycles. The number of benzene rings is 1. The van der Waals surface area contributed by atoms with Crippen molar-refractivity contribution in [3.05, 3.63) is 43.2 Å². The van der Waals surface area contributed by atoms with Gasteiger partial charge in [0, 0.05) is 0 Å². The zero-order valence-corrected chi connectivity index (χ0v) is 6.51. The van der Waals surface area contributed by atoms with Crippen LogP contribution in [-0.2, 0) is 4.65 Å². The molecule has 0 atom stereocenters. The summed E-state index contributed by atoms with van der Waals surface area (Å²) in [6.45, 7) is 3.28. The Bertz CT molecular complexity index is 237. The van der Waals surface area contributed by atoms with Gasteiger partial charge in [-0.25, -0.2) is 0 Å². The molecule has 0 fully saturated rings. The minimum atomic E-state index is -1.29. The van der Waals surface area contributed by atoms with Crippen LogP contribution in [0.5, 0.6) is 5.75 Å². The van der Waals surface area contributed by atoms with Gasteiger partial charge in [0.05, 0.1) is 6.26 Å². The summed E-state index contributed by atoms with van der Waals surface area (Å²) in [6, 6.07) is 8.89. The Kier molecular flexibility index (Phi) is 3.23. The minimum absolute atomic E-state index is 0.548. The van der Waals surface area contributed by atoms with Gasteiger partial charge in [0.25, 0.3) is 0 Å². The quantitative estimate of drug-likeness (QED) is 0.536. The van der Waals surface area contributed by atoms with Crippen LogP contribution in [0.15, 0.2) is 43.2 Å². The molecule has 0 radical (unpaired) electrons.